The van der Waals surface area contributed by atoms with Crippen molar-refractivity contribution in [1.82, 2.24) is 5.32 Å². The second kappa shape index (κ2) is 7.31. The van der Waals surface area contributed by atoms with Crippen LogP contribution in [-0.2, 0) is 0 Å². The highest BCUT2D eigenvalue weighted by Crippen LogP contribution is 2.28. The first-order valence-corrected chi connectivity index (χ1v) is 8.05. The number of rotatable bonds is 5. The molecule has 0 saturated carbocycles. The first-order chi connectivity index (χ1) is 10.0. The van der Waals surface area contributed by atoms with Crippen LogP contribution < -0.4 is 5.32 Å². The van der Waals surface area contributed by atoms with Gasteiger partial charge in [-0.2, -0.15) is 0 Å². The van der Waals surface area contributed by atoms with Crippen molar-refractivity contribution in [1.29, 1.82) is 0 Å². The highest BCUT2D eigenvalue weighted by atomic mass is 127. The predicted molar refractivity (Wildman–Crippen MR) is 90.4 cm³/mol. The molecule has 4 heteroatoms. The van der Waals surface area contributed by atoms with E-state index in [1.807, 2.05) is 6.07 Å². The van der Waals surface area contributed by atoms with Gasteiger partial charge in [0, 0.05) is 3.57 Å². The van der Waals surface area contributed by atoms with Gasteiger partial charge in [-0.25, -0.2) is 8.78 Å². The average molecular weight is 401 g/mol. The molecule has 0 aliphatic rings. The molecule has 21 heavy (non-hydrogen) atoms. The fourth-order valence-electron chi connectivity index (χ4n) is 2.22. The molecule has 0 bridgehead atoms. The van der Waals surface area contributed by atoms with E-state index < -0.39 is 0 Å². The summed E-state index contributed by atoms with van der Waals surface area (Å²) in [7, 11) is 0. The van der Waals surface area contributed by atoms with Crippen LogP contribution in [0.5, 0.6) is 0 Å². The molecule has 0 fully saturated rings. The smallest absolute Gasteiger partial charge is 0.126 e. The molecule has 0 spiro atoms. The zero-order chi connectivity index (χ0) is 15.4. The van der Waals surface area contributed by atoms with Crippen LogP contribution in [-0.4, -0.2) is 6.54 Å². The number of halogens is 3. The van der Waals surface area contributed by atoms with E-state index in [1.54, 1.807) is 25.1 Å². The molecule has 0 radical (unpaired) electrons. The van der Waals surface area contributed by atoms with Crippen molar-refractivity contribution in [2.45, 2.75) is 26.3 Å². The Labute approximate surface area is 137 Å². The van der Waals surface area contributed by atoms with Crippen LogP contribution in [0, 0.1) is 22.1 Å². The molecule has 0 aromatic heterocycles. The predicted octanol–water partition coefficient (Wildman–Crippen LogP) is 4.97. The summed E-state index contributed by atoms with van der Waals surface area (Å²) < 4.78 is 28.0. The van der Waals surface area contributed by atoms with Crippen molar-refractivity contribution < 1.29 is 8.78 Å². The second-order valence-corrected chi connectivity index (χ2v) is 6.22. The maximum absolute atomic E-state index is 13.9. The summed E-state index contributed by atoms with van der Waals surface area (Å²) in [4.78, 5) is 0. The molecular formula is C17H18F2IN. The number of hydrogen-bond acceptors (Lipinski definition) is 1. The minimum Gasteiger partial charge on any atom is -0.306 e. The summed E-state index contributed by atoms with van der Waals surface area (Å²) in [5.74, 6) is -0.472. The largest absolute Gasteiger partial charge is 0.306 e. The van der Waals surface area contributed by atoms with E-state index in [9.17, 15) is 8.78 Å². The van der Waals surface area contributed by atoms with E-state index in [2.05, 4.69) is 34.8 Å². The molecule has 0 heterocycles. The lowest BCUT2D eigenvalue weighted by molar-refractivity contribution is 0.578. The lowest BCUT2D eigenvalue weighted by Crippen LogP contribution is -2.24. The summed E-state index contributed by atoms with van der Waals surface area (Å²) in [6.45, 7) is 4.64. The molecule has 1 N–H and O–H groups in total. The third kappa shape index (κ3) is 4.01. The van der Waals surface area contributed by atoms with Gasteiger partial charge >= 0.3 is 0 Å². The lowest BCUT2D eigenvalue weighted by atomic mass is 9.97. The molecule has 1 atom stereocenters. The summed E-state index contributed by atoms with van der Waals surface area (Å²) >= 11 is 2.12. The summed E-state index contributed by atoms with van der Waals surface area (Å²) in [5.41, 5.74) is 2.45. The fraction of sp³-hybridized carbons (Fsp3) is 0.294. The van der Waals surface area contributed by atoms with Crippen LogP contribution in [0.1, 0.15) is 36.1 Å². The zero-order valence-electron chi connectivity index (χ0n) is 12.1. The Balaban J connectivity index is 2.44. The number of benzene rings is 2. The quantitative estimate of drug-likeness (QED) is 0.698. The Kier molecular flexibility index (Phi) is 5.70. The van der Waals surface area contributed by atoms with Gasteiger partial charge in [-0.15, -0.1) is 0 Å². The molecule has 1 nitrogen and oxygen atoms in total. The van der Waals surface area contributed by atoms with E-state index in [4.69, 9.17) is 0 Å². The molecular weight excluding hydrogens is 383 g/mol. The van der Waals surface area contributed by atoms with E-state index >= 15 is 0 Å². The first kappa shape index (κ1) is 16.4. The lowest BCUT2D eigenvalue weighted by Gasteiger charge is -2.21. The monoisotopic (exact) mass is 401 g/mol. The summed E-state index contributed by atoms with van der Waals surface area (Å²) in [6, 6.07) is 9.84. The Morgan fingerprint density at radius 1 is 1.14 bits per heavy atom. The Morgan fingerprint density at radius 2 is 1.90 bits per heavy atom. The third-order valence-corrected chi connectivity index (χ3v) is 4.34. The molecule has 112 valence electrons. The molecule has 2 aromatic carbocycles. The standard InChI is InChI=1S/C17H18F2IN/c1-3-8-21-17(12-5-4-11(2)15(19)9-12)14-7-6-13(18)10-16(14)20/h4-7,9-10,17,21H,3,8H2,1-2H3. The van der Waals surface area contributed by atoms with Crippen LogP contribution >= 0.6 is 22.6 Å². The topological polar surface area (TPSA) is 12.0 Å². The SMILES string of the molecule is CCCNC(c1ccc(C)c(F)c1)c1ccc(F)cc1I. The van der Waals surface area contributed by atoms with Gasteiger partial charge in [0.1, 0.15) is 11.6 Å². The Hall–Kier alpha value is -1.01. The molecule has 0 aliphatic carbocycles. The van der Waals surface area contributed by atoms with Crippen LogP contribution in [0.4, 0.5) is 8.78 Å². The van der Waals surface area contributed by atoms with Gasteiger partial charge in [0.2, 0.25) is 0 Å². The highest BCUT2D eigenvalue weighted by Gasteiger charge is 2.17. The van der Waals surface area contributed by atoms with Gasteiger partial charge in [-0.05, 0) is 77.4 Å². The Bertz CT molecular complexity index is 628. The van der Waals surface area contributed by atoms with Crippen LogP contribution in [0.15, 0.2) is 36.4 Å². The minimum absolute atomic E-state index is 0.132. The van der Waals surface area contributed by atoms with Crippen molar-refractivity contribution in [3.8, 4) is 0 Å². The molecule has 0 aliphatic heterocycles. The van der Waals surface area contributed by atoms with Gasteiger partial charge < -0.3 is 5.32 Å². The van der Waals surface area contributed by atoms with Crippen molar-refractivity contribution in [2.24, 2.45) is 0 Å². The average Bonchev–Trinajstić information content (AvgIpc) is 2.44. The minimum atomic E-state index is -0.257. The third-order valence-electron chi connectivity index (χ3n) is 3.40. The first-order valence-electron chi connectivity index (χ1n) is 6.97. The fourth-order valence-corrected chi connectivity index (χ4v) is 3.01. The van der Waals surface area contributed by atoms with Crippen molar-refractivity contribution in [3.05, 3.63) is 68.3 Å². The summed E-state index contributed by atoms with van der Waals surface area (Å²) in [6.07, 6.45) is 0.975. The van der Waals surface area contributed by atoms with Crippen LogP contribution in [0.25, 0.3) is 0 Å². The highest BCUT2D eigenvalue weighted by molar-refractivity contribution is 14.1. The van der Waals surface area contributed by atoms with Crippen LogP contribution in [0.2, 0.25) is 0 Å². The van der Waals surface area contributed by atoms with Crippen LogP contribution in [0.3, 0.4) is 0 Å². The molecule has 2 aromatic rings. The normalized spacial score (nSPS) is 12.4. The van der Waals surface area contributed by atoms with Gasteiger partial charge in [0.15, 0.2) is 0 Å². The van der Waals surface area contributed by atoms with Gasteiger partial charge in [-0.3, -0.25) is 0 Å². The maximum atomic E-state index is 13.9. The number of aryl methyl sites for hydroxylation is 1. The maximum Gasteiger partial charge on any atom is 0.126 e. The van der Waals surface area contributed by atoms with Gasteiger partial charge in [0.25, 0.3) is 0 Å². The van der Waals surface area contributed by atoms with E-state index in [-0.39, 0.29) is 17.7 Å². The molecule has 0 amide bonds. The van der Waals surface area contributed by atoms with E-state index in [1.165, 1.54) is 12.1 Å². The van der Waals surface area contributed by atoms with Crippen molar-refractivity contribution >= 4 is 22.6 Å². The summed E-state index contributed by atoms with van der Waals surface area (Å²) in [5, 5.41) is 3.42. The Morgan fingerprint density at radius 3 is 2.52 bits per heavy atom. The zero-order valence-corrected chi connectivity index (χ0v) is 14.2. The van der Waals surface area contributed by atoms with Crippen molar-refractivity contribution in [2.75, 3.05) is 6.54 Å². The number of nitrogens with one attached hydrogen (secondary N) is 1. The molecule has 1 unspecified atom stereocenters. The van der Waals surface area contributed by atoms with Gasteiger partial charge in [0.05, 0.1) is 6.04 Å². The molecule has 0 saturated heterocycles. The van der Waals surface area contributed by atoms with Gasteiger partial charge in [-0.1, -0.05) is 25.1 Å². The van der Waals surface area contributed by atoms with Crippen molar-refractivity contribution in [3.63, 3.8) is 0 Å². The second-order valence-electron chi connectivity index (χ2n) is 5.06. The van der Waals surface area contributed by atoms with E-state index in [0.717, 1.165) is 27.7 Å². The molecule has 2 rings (SSSR count). The number of hydrogen-bond donors (Lipinski definition) is 1. The van der Waals surface area contributed by atoms with E-state index in [0.29, 0.717) is 5.56 Å².